The molecule has 0 radical (unpaired) electrons. The molecule has 0 aromatic heterocycles. The zero-order valence-electron chi connectivity index (χ0n) is 12.2. The quantitative estimate of drug-likeness (QED) is 0.340. The van der Waals surface area contributed by atoms with Gasteiger partial charge in [0.1, 0.15) is 12.2 Å². The van der Waals surface area contributed by atoms with E-state index < -0.39 is 36.3 Å². The number of carbonyl (C=O) groups is 2. The van der Waals surface area contributed by atoms with E-state index in [0.717, 1.165) is 11.1 Å². The minimum absolute atomic E-state index is 0.0532. The van der Waals surface area contributed by atoms with Crippen LogP contribution in [0.1, 0.15) is 11.1 Å². The molecule has 23 heavy (non-hydrogen) atoms. The van der Waals surface area contributed by atoms with Crippen LogP contribution in [0.4, 0.5) is 0 Å². The summed E-state index contributed by atoms with van der Waals surface area (Å²) in [6, 6.07) is 6.99. The predicted molar refractivity (Wildman–Crippen MR) is 80.0 cm³/mol. The van der Waals surface area contributed by atoms with Crippen LogP contribution in [0, 0.1) is 0 Å². The Hall–Kier alpha value is -2.26. The van der Waals surface area contributed by atoms with E-state index in [9.17, 15) is 24.9 Å². The monoisotopic (exact) mass is 325 g/mol. The van der Waals surface area contributed by atoms with E-state index in [1.807, 2.05) is 0 Å². The average molecular weight is 325 g/mol. The number of benzene rings is 1. The molecule has 4 atom stereocenters. The highest BCUT2D eigenvalue weighted by atomic mass is 16.4. The van der Waals surface area contributed by atoms with Gasteiger partial charge in [0, 0.05) is 6.54 Å². The standard InChI is InChI=1S/C15H19NO7/c1-2-8-3-5-9(6-4-8)7-16-14(21)12(19)10(17)11(18)13(20)15(22)23/h2-6,10-13,17-20H,1,7H2,(H,16,21)(H,22,23)/t10-,11+,12+,13-/m0/s1. The highest BCUT2D eigenvalue weighted by Gasteiger charge is 2.37. The highest BCUT2D eigenvalue weighted by molar-refractivity contribution is 5.81. The van der Waals surface area contributed by atoms with Gasteiger partial charge in [-0.3, -0.25) is 4.79 Å². The highest BCUT2D eigenvalue weighted by Crippen LogP contribution is 2.08. The summed E-state index contributed by atoms with van der Waals surface area (Å²) in [5.74, 6) is -2.80. The lowest BCUT2D eigenvalue weighted by Gasteiger charge is -2.24. The smallest absolute Gasteiger partial charge is 0.335 e. The Kier molecular flexibility index (Phi) is 6.86. The lowest BCUT2D eigenvalue weighted by molar-refractivity contribution is -0.166. The molecule has 0 fully saturated rings. The second-order valence-electron chi connectivity index (χ2n) is 4.87. The van der Waals surface area contributed by atoms with Crippen LogP contribution < -0.4 is 5.32 Å². The van der Waals surface area contributed by atoms with Crippen LogP contribution in [-0.2, 0) is 16.1 Å². The lowest BCUT2D eigenvalue weighted by Crippen LogP contribution is -2.52. The first-order chi connectivity index (χ1) is 10.8. The van der Waals surface area contributed by atoms with Crippen molar-refractivity contribution in [2.24, 2.45) is 0 Å². The van der Waals surface area contributed by atoms with Crippen LogP contribution in [0.3, 0.4) is 0 Å². The molecular weight excluding hydrogens is 306 g/mol. The molecule has 0 bridgehead atoms. The van der Waals surface area contributed by atoms with Crippen molar-refractivity contribution in [1.82, 2.24) is 5.32 Å². The average Bonchev–Trinajstić information content (AvgIpc) is 2.57. The summed E-state index contributed by atoms with van der Waals surface area (Å²) < 4.78 is 0. The Bertz CT molecular complexity index is 557. The van der Waals surface area contributed by atoms with Gasteiger partial charge in [0.2, 0.25) is 0 Å². The van der Waals surface area contributed by atoms with Crippen molar-refractivity contribution in [3.8, 4) is 0 Å². The molecule has 8 nitrogen and oxygen atoms in total. The number of carbonyl (C=O) groups excluding carboxylic acids is 1. The van der Waals surface area contributed by atoms with Gasteiger partial charge in [-0.25, -0.2) is 4.79 Å². The summed E-state index contributed by atoms with van der Waals surface area (Å²) in [5, 5.41) is 48.5. The molecule has 0 aliphatic heterocycles. The molecule has 0 saturated carbocycles. The Morgan fingerprint density at radius 2 is 1.57 bits per heavy atom. The summed E-state index contributed by atoms with van der Waals surface area (Å²) in [7, 11) is 0. The van der Waals surface area contributed by atoms with Gasteiger partial charge in [0.05, 0.1) is 0 Å². The summed E-state index contributed by atoms with van der Waals surface area (Å²) in [6.07, 6.45) is -7.12. The maximum absolute atomic E-state index is 11.7. The van der Waals surface area contributed by atoms with Crippen molar-refractivity contribution in [2.45, 2.75) is 31.0 Å². The molecule has 1 rings (SSSR count). The number of aliphatic carboxylic acids is 1. The zero-order chi connectivity index (χ0) is 17.6. The molecule has 1 amide bonds. The molecule has 0 aliphatic rings. The van der Waals surface area contributed by atoms with Gasteiger partial charge in [-0.2, -0.15) is 0 Å². The second kappa shape index (κ2) is 8.39. The first-order valence-corrected chi connectivity index (χ1v) is 6.72. The van der Waals surface area contributed by atoms with E-state index in [2.05, 4.69) is 11.9 Å². The van der Waals surface area contributed by atoms with E-state index in [1.165, 1.54) is 0 Å². The molecule has 1 aromatic rings. The van der Waals surface area contributed by atoms with Gasteiger partial charge in [0.15, 0.2) is 12.2 Å². The number of amides is 1. The molecule has 126 valence electrons. The maximum atomic E-state index is 11.7. The van der Waals surface area contributed by atoms with E-state index in [-0.39, 0.29) is 6.54 Å². The molecule has 0 heterocycles. The fourth-order valence-electron chi connectivity index (χ4n) is 1.74. The SMILES string of the molecule is C=Cc1ccc(CNC(=O)[C@H](O)[C@@H](O)[C@@H](O)[C@H](O)C(=O)O)cc1. The third-order valence-electron chi connectivity index (χ3n) is 3.20. The Morgan fingerprint density at radius 1 is 1.04 bits per heavy atom. The number of carboxylic acid groups (broad SMARTS) is 1. The van der Waals surface area contributed by atoms with Crippen LogP contribution in [0.5, 0.6) is 0 Å². The van der Waals surface area contributed by atoms with Crippen molar-refractivity contribution in [1.29, 1.82) is 0 Å². The number of rotatable bonds is 8. The molecule has 6 N–H and O–H groups in total. The van der Waals surface area contributed by atoms with E-state index >= 15 is 0 Å². The summed E-state index contributed by atoms with van der Waals surface area (Å²) in [4.78, 5) is 22.2. The van der Waals surface area contributed by atoms with Crippen LogP contribution in [0.2, 0.25) is 0 Å². The summed E-state index contributed by atoms with van der Waals surface area (Å²) in [6.45, 7) is 3.66. The fourth-order valence-corrected chi connectivity index (χ4v) is 1.74. The second-order valence-corrected chi connectivity index (χ2v) is 4.87. The Labute approximate surface area is 132 Å². The molecule has 1 aromatic carbocycles. The zero-order valence-corrected chi connectivity index (χ0v) is 12.2. The summed E-state index contributed by atoms with van der Waals surface area (Å²) in [5.41, 5.74) is 1.61. The molecule has 0 aliphatic carbocycles. The van der Waals surface area contributed by atoms with Gasteiger partial charge in [0.25, 0.3) is 5.91 Å². The van der Waals surface area contributed by atoms with Crippen LogP contribution in [0.25, 0.3) is 6.08 Å². The van der Waals surface area contributed by atoms with Crippen LogP contribution in [-0.4, -0.2) is 61.8 Å². The third-order valence-corrected chi connectivity index (χ3v) is 3.20. The first-order valence-electron chi connectivity index (χ1n) is 6.72. The molecule has 0 saturated heterocycles. The van der Waals surface area contributed by atoms with Crippen molar-refractivity contribution in [3.05, 3.63) is 42.0 Å². The number of nitrogens with one attached hydrogen (secondary N) is 1. The molecule has 0 unspecified atom stereocenters. The molecule has 8 heteroatoms. The maximum Gasteiger partial charge on any atom is 0.335 e. The van der Waals surface area contributed by atoms with E-state index in [1.54, 1.807) is 30.3 Å². The Morgan fingerprint density at radius 3 is 2.04 bits per heavy atom. The van der Waals surface area contributed by atoms with Crippen molar-refractivity contribution in [3.63, 3.8) is 0 Å². The van der Waals surface area contributed by atoms with Crippen molar-refractivity contribution < 1.29 is 35.1 Å². The summed E-state index contributed by atoms with van der Waals surface area (Å²) >= 11 is 0. The van der Waals surface area contributed by atoms with Crippen molar-refractivity contribution in [2.75, 3.05) is 0 Å². The first kappa shape index (κ1) is 18.8. The number of hydrogen-bond donors (Lipinski definition) is 6. The Balaban J connectivity index is 2.58. The van der Waals surface area contributed by atoms with E-state index in [4.69, 9.17) is 10.2 Å². The van der Waals surface area contributed by atoms with Crippen LogP contribution in [0.15, 0.2) is 30.8 Å². The van der Waals surface area contributed by atoms with Crippen molar-refractivity contribution >= 4 is 18.0 Å². The van der Waals surface area contributed by atoms with Gasteiger partial charge in [-0.05, 0) is 11.1 Å². The minimum Gasteiger partial charge on any atom is -0.479 e. The topological polar surface area (TPSA) is 147 Å². The minimum atomic E-state index is -2.32. The van der Waals surface area contributed by atoms with Gasteiger partial charge < -0.3 is 30.8 Å². The third kappa shape index (κ3) is 5.15. The largest absolute Gasteiger partial charge is 0.479 e. The number of aliphatic hydroxyl groups is 4. The number of hydrogen-bond acceptors (Lipinski definition) is 6. The number of aliphatic hydroxyl groups excluding tert-OH is 4. The van der Waals surface area contributed by atoms with E-state index in [0.29, 0.717) is 0 Å². The van der Waals surface area contributed by atoms with Gasteiger partial charge in [-0.15, -0.1) is 0 Å². The molecular formula is C15H19NO7. The normalized spacial score (nSPS) is 16.0. The lowest BCUT2D eigenvalue weighted by atomic mass is 10.0. The van der Waals surface area contributed by atoms with Gasteiger partial charge in [-0.1, -0.05) is 36.9 Å². The van der Waals surface area contributed by atoms with Crippen LogP contribution >= 0.6 is 0 Å². The fraction of sp³-hybridized carbons (Fsp3) is 0.333. The molecule has 0 spiro atoms. The predicted octanol–water partition coefficient (Wildman–Crippen LogP) is -1.53. The number of carboxylic acids is 1. The van der Waals surface area contributed by atoms with Gasteiger partial charge >= 0.3 is 5.97 Å².